The predicted molar refractivity (Wildman–Crippen MR) is 67.4 cm³/mol. The number of piperidine rings is 1. The fourth-order valence-electron chi connectivity index (χ4n) is 2.29. The number of amides is 1. The Balaban J connectivity index is 2.48. The summed E-state index contributed by atoms with van der Waals surface area (Å²) >= 11 is 0. The largest absolute Gasteiger partial charge is 0.339 e. The average molecular weight is 226 g/mol. The summed E-state index contributed by atoms with van der Waals surface area (Å²) in [5, 5.41) is 3.36. The number of hydrogen-bond donors (Lipinski definition) is 1. The molecular weight excluding hydrogens is 200 g/mol. The van der Waals surface area contributed by atoms with Gasteiger partial charge < -0.3 is 10.2 Å². The summed E-state index contributed by atoms with van der Waals surface area (Å²) < 4.78 is 0. The van der Waals surface area contributed by atoms with Gasteiger partial charge >= 0.3 is 0 Å². The number of nitrogens with zero attached hydrogens (tertiary/aromatic N) is 1. The van der Waals surface area contributed by atoms with E-state index in [0.717, 1.165) is 25.8 Å². The zero-order valence-electron chi connectivity index (χ0n) is 11.1. The van der Waals surface area contributed by atoms with Crippen LogP contribution in [0.3, 0.4) is 0 Å². The first-order chi connectivity index (χ1) is 7.56. The smallest absolute Gasteiger partial charge is 0.239 e. The second kappa shape index (κ2) is 6.24. The van der Waals surface area contributed by atoms with Gasteiger partial charge in [0.05, 0.1) is 6.04 Å². The highest BCUT2D eigenvalue weighted by Crippen LogP contribution is 2.17. The van der Waals surface area contributed by atoms with E-state index < -0.39 is 0 Å². The van der Waals surface area contributed by atoms with Gasteiger partial charge in [0.25, 0.3) is 0 Å². The molecule has 0 aromatic carbocycles. The van der Waals surface area contributed by atoms with Crippen LogP contribution in [0, 0.1) is 0 Å². The van der Waals surface area contributed by atoms with Crippen LogP contribution in [0.25, 0.3) is 0 Å². The Morgan fingerprint density at radius 1 is 1.44 bits per heavy atom. The van der Waals surface area contributed by atoms with Crippen LogP contribution in [-0.2, 0) is 4.79 Å². The molecule has 3 unspecified atom stereocenters. The Kier molecular flexibility index (Phi) is 5.26. The van der Waals surface area contributed by atoms with Crippen molar-refractivity contribution < 1.29 is 4.79 Å². The second-order valence-electron chi connectivity index (χ2n) is 5.07. The van der Waals surface area contributed by atoms with Crippen molar-refractivity contribution >= 4 is 5.91 Å². The molecule has 0 aromatic rings. The topological polar surface area (TPSA) is 32.3 Å². The molecule has 1 saturated heterocycles. The summed E-state index contributed by atoms with van der Waals surface area (Å²) in [4.78, 5) is 14.3. The van der Waals surface area contributed by atoms with Crippen LogP contribution in [0.5, 0.6) is 0 Å². The Bertz CT molecular complexity index is 230. The highest BCUT2D eigenvalue weighted by molar-refractivity contribution is 5.81. The Labute approximate surface area is 99.6 Å². The van der Waals surface area contributed by atoms with E-state index in [0.29, 0.717) is 12.1 Å². The first kappa shape index (κ1) is 13.5. The molecular formula is C13H26N2O. The SMILES string of the molecule is CCC(C)NC(C)C(=O)N1CCCCC1C. The fraction of sp³-hybridized carbons (Fsp3) is 0.923. The highest BCUT2D eigenvalue weighted by atomic mass is 16.2. The molecule has 3 nitrogen and oxygen atoms in total. The molecule has 0 saturated carbocycles. The van der Waals surface area contributed by atoms with Crippen molar-refractivity contribution in [2.45, 2.75) is 71.5 Å². The number of nitrogens with one attached hydrogen (secondary N) is 1. The van der Waals surface area contributed by atoms with E-state index in [-0.39, 0.29) is 11.9 Å². The molecule has 0 radical (unpaired) electrons. The first-order valence-electron chi connectivity index (χ1n) is 6.62. The molecule has 1 heterocycles. The van der Waals surface area contributed by atoms with Crippen molar-refractivity contribution in [2.24, 2.45) is 0 Å². The van der Waals surface area contributed by atoms with E-state index in [1.165, 1.54) is 6.42 Å². The number of likely N-dealkylation sites (tertiary alicyclic amines) is 1. The third-order valence-electron chi connectivity index (χ3n) is 3.60. The van der Waals surface area contributed by atoms with Crippen molar-refractivity contribution in [1.29, 1.82) is 0 Å². The normalized spacial score (nSPS) is 25.2. The number of carbonyl (C=O) groups is 1. The molecule has 3 heteroatoms. The standard InChI is InChI=1S/C13H26N2O/c1-5-10(2)14-12(4)13(16)15-9-7-6-8-11(15)3/h10-12,14H,5-9H2,1-4H3. The molecule has 1 N–H and O–H groups in total. The summed E-state index contributed by atoms with van der Waals surface area (Å²) in [7, 11) is 0. The molecule has 1 rings (SSSR count). The number of rotatable bonds is 4. The molecule has 1 fully saturated rings. The van der Waals surface area contributed by atoms with Gasteiger partial charge in [-0.3, -0.25) is 4.79 Å². The van der Waals surface area contributed by atoms with Crippen molar-refractivity contribution in [3.63, 3.8) is 0 Å². The predicted octanol–water partition coefficient (Wildman–Crippen LogP) is 2.16. The molecule has 94 valence electrons. The lowest BCUT2D eigenvalue weighted by molar-refractivity contribution is -0.136. The van der Waals surface area contributed by atoms with Gasteiger partial charge in [-0.15, -0.1) is 0 Å². The molecule has 1 aliphatic rings. The zero-order chi connectivity index (χ0) is 12.1. The van der Waals surface area contributed by atoms with Crippen LogP contribution in [0.15, 0.2) is 0 Å². The van der Waals surface area contributed by atoms with E-state index >= 15 is 0 Å². The van der Waals surface area contributed by atoms with E-state index in [1.807, 2.05) is 11.8 Å². The van der Waals surface area contributed by atoms with E-state index in [9.17, 15) is 4.79 Å². The van der Waals surface area contributed by atoms with Gasteiger partial charge in [-0.05, 0) is 46.5 Å². The molecule has 1 aliphatic heterocycles. The molecule has 0 aromatic heterocycles. The third-order valence-corrected chi connectivity index (χ3v) is 3.60. The summed E-state index contributed by atoms with van der Waals surface area (Å²) in [6.07, 6.45) is 4.64. The maximum absolute atomic E-state index is 12.2. The van der Waals surface area contributed by atoms with Crippen LogP contribution in [-0.4, -0.2) is 35.5 Å². The number of hydrogen-bond acceptors (Lipinski definition) is 2. The van der Waals surface area contributed by atoms with Gasteiger partial charge in [0, 0.05) is 18.6 Å². The summed E-state index contributed by atoms with van der Waals surface area (Å²) in [5.41, 5.74) is 0. The Hall–Kier alpha value is -0.570. The van der Waals surface area contributed by atoms with Crippen LogP contribution in [0.2, 0.25) is 0 Å². The van der Waals surface area contributed by atoms with Crippen molar-refractivity contribution in [3.8, 4) is 0 Å². The Morgan fingerprint density at radius 2 is 2.12 bits per heavy atom. The lowest BCUT2D eigenvalue weighted by atomic mass is 10.0. The minimum atomic E-state index is -0.0458. The van der Waals surface area contributed by atoms with Crippen LogP contribution in [0.4, 0.5) is 0 Å². The molecule has 3 atom stereocenters. The lowest BCUT2D eigenvalue weighted by Crippen LogP contribution is -2.51. The van der Waals surface area contributed by atoms with Gasteiger partial charge in [0.1, 0.15) is 0 Å². The lowest BCUT2D eigenvalue weighted by Gasteiger charge is -2.36. The fourth-order valence-corrected chi connectivity index (χ4v) is 2.29. The van der Waals surface area contributed by atoms with Gasteiger partial charge in [0.2, 0.25) is 5.91 Å². The summed E-state index contributed by atoms with van der Waals surface area (Å²) in [6.45, 7) is 9.34. The maximum atomic E-state index is 12.2. The molecule has 1 amide bonds. The third kappa shape index (κ3) is 3.48. The van der Waals surface area contributed by atoms with Crippen molar-refractivity contribution in [1.82, 2.24) is 10.2 Å². The second-order valence-corrected chi connectivity index (χ2v) is 5.07. The zero-order valence-corrected chi connectivity index (χ0v) is 11.1. The maximum Gasteiger partial charge on any atom is 0.239 e. The van der Waals surface area contributed by atoms with E-state index in [4.69, 9.17) is 0 Å². The highest BCUT2D eigenvalue weighted by Gasteiger charge is 2.27. The van der Waals surface area contributed by atoms with E-state index in [1.54, 1.807) is 0 Å². The molecule has 16 heavy (non-hydrogen) atoms. The van der Waals surface area contributed by atoms with Crippen molar-refractivity contribution in [2.75, 3.05) is 6.54 Å². The van der Waals surface area contributed by atoms with Gasteiger partial charge in [-0.25, -0.2) is 0 Å². The monoisotopic (exact) mass is 226 g/mol. The molecule has 0 aliphatic carbocycles. The molecule has 0 spiro atoms. The van der Waals surface area contributed by atoms with Crippen LogP contribution < -0.4 is 5.32 Å². The quantitative estimate of drug-likeness (QED) is 0.796. The number of carbonyl (C=O) groups excluding carboxylic acids is 1. The van der Waals surface area contributed by atoms with Gasteiger partial charge in [-0.1, -0.05) is 6.92 Å². The van der Waals surface area contributed by atoms with E-state index in [2.05, 4.69) is 26.1 Å². The van der Waals surface area contributed by atoms with Crippen LogP contribution >= 0.6 is 0 Å². The average Bonchev–Trinajstić information content (AvgIpc) is 2.28. The first-order valence-corrected chi connectivity index (χ1v) is 6.62. The minimum Gasteiger partial charge on any atom is -0.339 e. The van der Waals surface area contributed by atoms with Gasteiger partial charge in [-0.2, -0.15) is 0 Å². The summed E-state index contributed by atoms with van der Waals surface area (Å²) in [6, 6.07) is 0.789. The molecule has 0 bridgehead atoms. The van der Waals surface area contributed by atoms with Crippen molar-refractivity contribution in [3.05, 3.63) is 0 Å². The Morgan fingerprint density at radius 3 is 2.69 bits per heavy atom. The minimum absolute atomic E-state index is 0.0458. The van der Waals surface area contributed by atoms with Gasteiger partial charge in [0.15, 0.2) is 0 Å². The van der Waals surface area contributed by atoms with Crippen LogP contribution in [0.1, 0.15) is 53.4 Å². The summed E-state index contributed by atoms with van der Waals surface area (Å²) in [5.74, 6) is 0.271.